The van der Waals surface area contributed by atoms with Crippen LogP contribution in [0.15, 0.2) is 36.7 Å². The van der Waals surface area contributed by atoms with Gasteiger partial charge in [-0.15, -0.1) is 0 Å². The number of amides is 1. The number of hydrogen-bond acceptors (Lipinski definition) is 5. The lowest BCUT2D eigenvalue weighted by molar-refractivity contribution is -0.132. The molecular formula is C19H23FN4O2. The Morgan fingerprint density at radius 2 is 1.85 bits per heavy atom. The number of halogens is 1. The van der Waals surface area contributed by atoms with Gasteiger partial charge in [0.15, 0.2) is 0 Å². The van der Waals surface area contributed by atoms with Gasteiger partial charge in [-0.1, -0.05) is 0 Å². The summed E-state index contributed by atoms with van der Waals surface area (Å²) >= 11 is 0. The van der Waals surface area contributed by atoms with Crippen molar-refractivity contribution in [1.82, 2.24) is 19.8 Å². The Balaban J connectivity index is 1.67. The lowest BCUT2D eigenvalue weighted by atomic mass is 9.93. The third kappa shape index (κ3) is 4.54. The first-order valence-electron chi connectivity index (χ1n) is 8.70. The summed E-state index contributed by atoms with van der Waals surface area (Å²) in [6, 6.07) is 5.83. The molecule has 1 aliphatic rings. The van der Waals surface area contributed by atoms with E-state index in [2.05, 4.69) is 9.97 Å². The van der Waals surface area contributed by atoms with Gasteiger partial charge in [-0.3, -0.25) is 9.78 Å². The van der Waals surface area contributed by atoms with Crippen LogP contribution in [0.3, 0.4) is 0 Å². The van der Waals surface area contributed by atoms with Crippen LogP contribution in [0.25, 0.3) is 0 Å². The van der Waals surface area contributed by atoms with Crippen LogP contribution in [-0.4, -0.2) is 59.4 Å². The number of hydrogen-bond donors (Lipinski definition) is 0. The molecule has 2 aromatic rings. The van der Waals surface area contributed by atoms with E-state index in [-0.39, 0.29) is 17.6 Å². The molecule has 0 spiro atoms. The van der Waals surface area contributed by atoms with E-state index in [1.54, 1.807) is 24.5 Å². The second-order valence-electron chi connectivity index (χ2n) is 6.70. The summed E-state index contributed by atoms with van der Waals surface area (Å²) in [5.41, 5.74) is 0.788. The minimum absolute atomic E-state index is 0.149. The van der Waals surface area contributed by atoms with Gasteiger partial charge in [-0.2, -0.15) is 0 Å². The van der Waals surface area contributed by atoms with Crippen molar-refractivity contribution in [3.63, 3.8) is 0 Å². The number of likely N-dealkylation sites (tertiary alicyclic amines) is 1. The third-order valence-corrected chi connectivity index (χ3v) is 4.41. The van der Waals surface area contributed by atoms with Gasteiger partial charge < -0.3 is 14.5 Å². The predicted molar refractivity (Wildman–Crippen MR) is 95.6 cm³/mol. The highest BCUT2D eigenvalue weighted by molar-refractivity contribution is 5.78. The molecule has 0 saturated carbocycles. The minimum atomic E-state index is -0.313. The van der Waals surface area contributed by atoms with Crippen molar-refractivity contribution in [2.24, 2.45) is 0 Å². The van der Waals surface area contributed by atoms with Crippen molar-refractivity contribution in [3.8, 4) is 11.6 Å². The number of carbonyl (C=O) groups excluding carboxylic acids is 1. The first-order chi connectivity index (χ1) is 12.5. The molecule has 0 bridgehead atoms. The fourth-order valence-electron chi connectivity index (χ4n) is 3.08. The van der Waals surface area contributed by atoms with Gasteiger partial charge in [-0.25, -0.2) is 9.37 Å². The van der Waals surface area contributed by atoms with Crippen LogP contribution < -0.4 is 4.74 Å². The van der Waals surface area contributed by atoms with Crippen LogP contribution >= 0.6 is 0 Å². The fourth-order valence-corrected chi connectivity index (χ4v) is 3.08. The van der Waals surface area contributed by atoms with E-state index in [9.17, 15) is 9.18 Å². The zero-order valence-corrected chi connectivity index (χ0v) is 15.1. The molecule has 3 rings (SSSR count). The topological polar surface area (TPSA) is 58.6 Å². The highest BCUT2D eigenvalue weighted by Crippen LogP contribution is 2.33. The maximum atomic E-state index is 13.1. The monoisotopic (exact) mass is 358 g/mol. The van der Waals surface area contributed by atoms with E-state index in [1.165, 1.54) is 12.1 Å². The standard InChI is InChI=1S/C19H23FN4O2/c1-23(2)13-17(25)24-11-7-14(8-12-24)18-19(22-10-9-21-18)26-16-5-3-15(20)4-6-16/h3-6,9-10,14H,7-8,11-13H2,1-2H3. The van der Waals surface area contributed by atoms with Crippen LogP contribution in [-0.2, 0) is 4.79 Å². The summed E-state index contributed by atoms with van der Waals surface area (Å²) in [5.74, 6) is 0.980. The normalized spacial score (nSPS) is 15.3. The lowest BCUT2D eigenvalue weighted by Gasteiger charge is -2.32. The summed E-state index contributed by atoms with van der Waals surface area (Å²) in [4.78, 5) is 24.7. The molecule has 0 atom stereocenters. The second kappa shape index (κ2) is 8.23. The number of rotatable bonds is 5. The zero-order valence-electron chi connectivity index (χ0n) is 15.1. The number of carbonyl (C=O) groups is 1. The molecule has 1 aromatic carbocycles. The molecule has 1 aromatic heterocycles. The average molecular weight is 358 g/mol. The molecular weight excluding hydrogens is 335 g/mol. The van der Waals surface area contributed by atoms with Gasteiger partial charge >= 0.3 is 0 Å². The molecule has 7 heteroatoms. The molecule has 0 N–H and O–H groups in total. The summed E-state index contributed by atoms with van der Waals surface area (Å²) in [6.07, 6.45) is 4.86. The smallest absolute Gasteiger partial charge is 0.241 e. The summed E-state index contributed by atoms with van der Waals surface area (Å²) in [5, 5.41) is 0. The predicted octanol–water partition coefficient (Wildman–Crippen LogP) is 2.68. The van der Waals surface area contributed by atoms with Crippen LogP contribution in [0.1, 0.15) is 24.5 Å². The minimum Gasteiger partial charge on any atom is -0.437 e. The maximum Gasteiger partial charge on any atom is 0.241 e. The Labute approximate surface area is 152 Å². The van der Waals surface area contributed by atoms with Crippen molar-refractivity contribution in [3.05, 3.63) is 48.2 Å². The first kappa shape index (κ1) is 18.3. The second-order valence-corrected chi connectivity index (χ2v) is 6.70. The molecule has 138 valence electrons. The van der Waals surface area contributed by atoms with Crippen LogP contribution in [0, 0.1) is 5.82 Å². The number of ether oxygens (including phenoxy) is 1. The largest absolute Gasteiger partial charge is 0.437 e. The van der Waals surface area contributed by atoms with Gasteiger partial charge in [0.1, 0.15) is 17.3 Å². The number of aromatic nitrogens is 2. The molecule has 1 saturated heterocycles. The van der Waals surface area contributed by atoms with Gasteiger partial charge in [0.25, 0.3) is 0 Å². The van der Waals surface area contributed by atoms with E-state index in [0.717, 1.165) is 18.5 Å². The molecule has 26 heavy (non-hydrogen) atoms. The van der Waals surface area contributed by atoms with E-state index >= 15 is 0 Å². The van der Waals surface area contributed by atoms with Crippen molar-refractivity contribution in [1.29, 1.82) is 0 Å². The fraction of sp³-hybridized carbons (Fsp3) is 0.421. The van der Waals surface area contributed by atoms with Gasteiger partial charge in [0.2, 0.25) is 11.8 Å². The van der Waals surface area contributed by atoms with Crippen LogP contribution in [0.5, 0.6) is 11.6 Å². The Kier molecular flexibility index (Phi) is 5.78. The third-order valence-electron chi connectivity index (χ3n) is 4.41. The highest BCUT2D eigenvalue weighted by Gasteiger charge is 2.27. The van der Waals surface area contributed by atoms with Crippen molar-refractivity contribution in [2.75, 3.05) is 33.7 Å². The van der Waals surface area contributed by atoms with Crippen molar-refractivity contribution in [2.45, 2.75) is 18.8 Å². The van der Waals surface area contributed by atoms with Gasteiger partial charge in [0.05, 0.1) is 6.54 Å². The summed E-state index contributed by atoms with van der Waals surface area (Å²) in [6.45, 7) is 1.82. The van der Waals surface area contributed by atoms with Crippen molar-refractivity contribution >= 4 is 5.91 Å². The molecule has 6 nitrogen and oxygen atoms in total. The number of likely N-dealkylation sites (N-methyl/N-ethyl adjacent to an activating group) is 1. The van der Waals surface area contributed by atoms with Crippen LogP contribution in [0.4, 0.5) is 4.39 Å². The van der Waals surface area contributed by atoms with Crippen molar-refractivity contribution < 1.29 is 13.9 Å². The Bertz CT molecular complexity index is 743. The van der Waals surface area contributed by atoms with Gasteiger partial charge in [-0.05, 0) is 51.2 Å². The molecule has 0 unspecified atom stereocenters. The van der Waals surface area contributed by atoms with E-state index in [4.69, 9.17) is 4.74 Å². The Morgan fingerprint density at radius 3 is 2.50 bits per heavy atom. The molecule has 2 heterocycles. The molecule has 0 radical (unpaired) electrons. The Morgan fingerprint density at radius 1 is 1.19 bits per heavy atom. The molecule has 1 aliphatic heterocycles. The average Bonchev–Trinajstić information content (AvgIpc) is 2.64. The number of piperidine rings is 1. The molecule has 1 fully saturated rings. The number of benzene rings is 1. The quantitative estimate of drug-likeness (QED) is 0.822. The zero-order chi connectivity index (χ0) is 18.5. The SMILES string of the molecule is CN(C)CC(=O)N1CCC(c2nccnc2Oc2ccc(F)cc2)CC1. The Hall–Kier alpha value is -2.54. The van der Waals surface area contributed by atoms with Crippen LogP contribution in [0.2, 0.25) is 0 Å². The number of nitrogens with zero attached hydrogens (tertiary/aromatic N) is 4. The van der Waals surface area contributed by atoms with Gasteiger partial charge in [0, 0.05) is 31.4 Å². The molecule has 1 amide bonds. The maximum absolute atomic E-state index is 13.1. The van der Waals surface area contributed by atoms with E-state index in [1.807, 2.05) is 23.9 Å². The highest BCUT2D eigenvalue weighted by atomic mass is 19.1. The van der Waals surface area contributed by atoms with E-state index in [0.29, 0.717) is 31.3 Å². The molecule has 0 aliphatic carbocycles. The lowest BCUT2D eigenvalue weighted by Crippen LogP contribution is -2.42. The summed E-state index contributed by atoms with van der Waals surface area (Å²) < 4.78 is 18.9. The summed E-state index contributed by atoms with van der Waals surface area (Å²) in [7, 11) is 3.78. The first-order valence-corrected chi connectivity index (χ1v) is 8.70. The van der Waals surface area contributed by atoms with E-state index < -0.39 is 0 Å².